The maximum atomic E-state index is 12.1. The lowest BCUT2D eigenvalue weighted by Gasteiger charge is -2.09. The molecule has 5 heteroatoms. The van der Waals surface area contributed by atoms with E-state index in [4.69, 9.17) is 9.15 Å². The monoisotopic (exact) mass is 399 g/mol. The van der Waals surface area contributed by atoms with Crippen LogP contribution in [0.25, 0.3) is 0 Å². The summed E-state index contributed by atoms with van der Waals surface area (Å²) < 4.78 is 11.5. The Balaban J connectivity index is 1.50. The molecule has 0 spiro atoms. The molecule has 0 bridgehead atoms. The number of carbonyl (C=O) groups excluding carboxylic acids is 1. The van der Waals surface area contributed by atoms with Gasteiger partial charge in [0.2, 0.25) is 0 Å². The van der Waals surface area contributed by atoms with Crippen molar-refractivity contribution in [1.29, 1.82) is 0 Å². The Kier molecular flexibility index (Phi) is 5.90. The molecule has 1 amide bonds. The molecule has 3 rings (SSSR count). The first-order valence-corrected chi connectivity index (χ1v) is 8.83. The summed E-state index contributed by atoms with van der Waals surface area (Å²) in [4.78, 5) is 12.1. The number of hydrogen-bond acceptors (Lipinski definition) is 3. The largest absolute Gasteiger partial charge is 0.494 e. The number of hydrogen-bond donors (Lipinski definition) is 1. The highest BCUT2D eigenvalue weighted by molar-refractivity contribution is 9.10. The number of furan rings is 1. The van der Waals surface area contributed by atoms with Crippen molar-refractivity contribution < 1.29 is 13.9 Å². The SMILES string of the molecule is O=C(Nc1cccc(OCCCc2ccccc2)c1)c1ccc(Br)o1. The van der Waals surface area contributed by atoms with Crippen molar-refractivity contribution in [3.05, 3.63) is 82.7 Å². The first-order chi connectivity index (χ1) is 12.2. The Hall–Kier alpha value is -2.53. The van der Waals surface area contributed by atoms with E-state index in [1.807, 2.05) is 36.4 Å². The van der Waals surface area contributed by atoms with Gasteiger partial charge in [0.1, 0.15) is 5.75 Å². The number of rotatable bonds is 7. The summed E-state index contributed by atoms with van der Waals surface area (Å²) in [5, 5.41) is 2.79. The first kappa shape index (κ1) is 17.3. The van der Waals surface area contributed by atoms with Gasteiger partial charge in [-0.1, -0.05) is 36.4 Å². The molecule has 0 atom stereocenters. The third kappa shape index (κ3) is 5.22. The second kappa shape index (κ2) is 8.53. The average Bonchev–Trinajstić information content (AvgIpc) is 3.07. The van der Waals surface area contributed by atoms with Crippen molar-refractivity contribution in [2.45, 2.75) is 12.8 Å². The lowest BCUT2D eigenvalue weighted by atomic mass is 10.1. The molecule has 3 aromatic rings. The minimum Gasteiger partial charge on any atom is -0.494 e. The van der Waals surface area contributed by atoms with Crippen LogP contribution in [0.4, 0.5) is 5.69 Å². The topological polar surface area (TPSA) is 51.5 Å². The Morgan fingerprint density at radius 1 is 1.04 bits per heavy atom. The zero-order chi connectivity index (χ0) is 17.5. The van der Waals surface area contributed by atoms with Crippen LogP contribution in [0.15, 0.2) is 75.8 Å². The summed E-state index contributed by atoms with van der Waals surface area (Å²) in [6, 6.07) is 21.0. The van der Waals surface area contributed by atoms with Crippen LogP contribution in [0, 0.1) is 0 Å². The lowest BCUT2D eigenvalue weighted by molar-refractivity contribution is 0.0995. The van der Waals surface area contributed by atoms with Crippen molar-refractivity contribution in [1.82, 2.24) is 0 Å². The molecule has 4 nitrogen and oxygen atoms in total. The highest BCUT2D eigenvalue weighted by atomic mass is 79.9. The molecule has 0 fully saturated rings. The molecular weight excluding hydrogens is 382 g/mol. The molecule has 25 heavy (non-hydrogen) atoms. The molecule has 0 aliphatic heterocycles. The van der Waals surface area contributed by atoms with Crippen LogP contribution in [0.5, 0.6) is 5.75 Å². The minimum atomic E-state index is -0.299. The van der Waals surface area contributed by atoms with Gasteiger partial charge in [0, 0.05) is 11.8 Å². The zero-order valence-corrected chi connectivity index (χ0v) is 15.2. The van der Waals surface area contributed by atoms with Crippen molar-refractivity contribution >= 4 is 27.5 Å². The van der Waals surface area contributed by atoms with Crippen LogP contribution in [-0.4, -0.2) is 12.5 Å². The second-order valence-electron chi connectivity index (χ2n) is 5.52. The lowest BCUT2D eigenvalue weighted by Crippen LogP contribution is -2.10. The molecule has 0 saturated heterocycles. The van der Waals surface area contributed by atoms with Gasteiger partial charge in [-0.25, -0.2) is 0 Å². The fourth-order valence-corrected chi connectivity index (χ4v) is 2.71. The molecule has 128 valence electrons. The smallest absolute Gasteiger partial charge is 0.291 e. The van der Waals surface area contributed by atoms with Crippen molar-refractivity contribution in [3.63, 3.8) is 0 Å². The number of amides is 1. The summed E-state index contributed by atoms with van der Waals surface area (Å²) in [6.45, 7) is 0.622. The summed E-state index contributed by atoms with van der Waals surface area (Å²) in [5.74, 6) is 0.680. The quantitative estimate of drug-likeness (QED) is 0.547. The molecule has 1 aromatic heterocycles. The standard InChI is InChI=1S/C20H18BrNO3/c21-19-12-11-18(25-19)20(23)22-16-9-4-10-17(14-16)24-13-5-8-15-6-2-1-3-7-15/h1-4,6-7,9-12,14H,5,8,13H2,(H,22,23). The Morgan fingerprint density at radius 2 is 1.88 bits per heavy atom. The maximum Gasteiger partial charge on any atom is 0.291 e. The van der Waals surface area contributed by atoms with Crippen LogP contribution >= 0.6 is 15.9 Å². The molecule has 1 N–H and O–H groups in total. The van der Waals surface area contributed by atoms with Crippen LogP contribution in [0.1, 0.15) is 22.5 Å². The van der Waals surface area contributed by atoms with Gasteiger partial charge in [0.25, 0.3) is 5.91 Å². The van der Waals surface area contributed by atoms with E-state index >= 15 is 0 Å². The normalized spacial score (nSPS) is 10.4. The van der Waals surface area contributed by atoms with Gasteiger partial charge in [-0.3, -0.25) is 4.79 Å². The highest BCUT2D eigenvalue weighted by Crippen LogP contribution is 2.20. The van der Waals surface area contributed by atoms with Gasteiger partial charge in [0.15, 0.2) is 10.4 Å². The summed E-state index contributed by atoms with van der Waals surface area (Å²) in [6.07, 6.45) is 1.91. The van der Waals surface area contributed by atoms with E-state index in [0.717, 1.165) is 18.6 Å². The number of carbonyl (C=O) groups is 1. The van der Waals surface area contributed by atoms with E-state index < -0.39 is 0 Å². The van der Waals surface area contributed by atoms with E-state index in [0.29, 0.717) is 17.0 Å². The number of halogens is 1. The van der Waals surface area contributed by atoms with Crippen LogP contribution in [-0.2, 0) is 6.42 Å². The van der Waals surface area contributed by atoms with Crippen LogP contribution in [0.2, 0.25) is 0 Å². The number of ether oxygens (including phenoxy) is 1. The molecule has 0 saturated carbocycles. The number of anilines is 1. The Bertz CT molecular complexity index is 830. The molecule has 2 aromatic carbocycles. The maximum absolute atomic E-state index is 12.1. The second-order valence-corrected chi connectivity index (χ2v) is 6.30. The Morgan fingerprint density at radius 3 is 2.64 bits per heavy atom. The molecule has 0 aliphatic carbocycles. The van der Waals surface area contributed by atoms with E-state index in [1.54, 1.807) is 18.2 Å². The van der Waals surface area contributed by atoms with Gasteiger partial charge < -0.3 is 14.5 Å². The fraction of sp³-hybridized carbons (Fsp3) is 0.150. The number of nitrogens with one attached hydrogen (secondary N) is 1. The molecular formula is C20H18BrNO3. The number of benzene rings is 2. The predicted molar refractivity (Wildman–Crippen MR) is 101 cm³/mol. The van der Waals surface area contributed by atoms with Gasteiger partial charge in [-0.15, -0.1) is 0 Å². The van der Waals surface area contributed by atoms with Gasteiger partial charge in [-0.05, 0) is 58.6 Å². The Labute approximate surface area is 154 Å². The summed E-state index contributed by atoms with van der Waals surface area (Å²) in [5.41, 5.74) is 1.97. The van der Waals surface area contributed by atoms with Crippen molar-refractivity contribution in [2.75, 3.05) is 11.9 Å². The van der Waals surface area contributed by atoms with Crippen molar-refractivity contribution in [2.24, 2.45) is 0 Å². The highest BCUT2D eigenvalue weighted by Gasteiger charge is 2.10. The third-order valence-electron chi connectivity index (χ3n) is 3.61. The molecule has 1 heterocycles. The van der Waals surface area contributed by atoms with E-state index in [-0.39, 0.29) is 11.7 Å². The van der Waals surface area contributed by atoms with Gasteiger partial charge >= 0.3 is 0 Å². The zero-order valence-electron chi connectivity index (χ0n) is 13.6. The molecule has 0 unspecified atom stereocenters. The van der Waals surface area contributed by atoms with Crippen molar-refractivity contribution in [3.8, 4) is 5.75 Å². The summed E-state index contributed by atoms with van der Waals surface area (Å²) in [7, 11) is 0. The fourth-order valence-electron chi connectivity index (χ4n) is 2.40. The van der Waals surface area contributed by atoms with Gasteiger partial charge in [-0.2, -0.15) is 0 Å². The minimum absolute atomic E-state index is 0.251. The van der Waals surface area contributed by atoms with E-state index in [2.05, 4.69) is 33.4 Å². The summed E-state index contributed by atoms with van der Waals surface area (Å²) >= 11 is 3.18. The van der Waals surface area contributed by atoms with Crippen LogP contribution < -0.4 is 10.1 Å². The molecule has 0 radical (unpaired) electrons. The first-order valence-electron chi connectivity index (χ1n) is 8.04. The van der Waals surface area contributed by atoms with Crippen LogP contribution in [0.3, 0.4) is 0 Å². The van der Waals surface area contributed by atoms with Gasteiger partial charge in [0.05, 0.1) is 6.61 Å². The predicted octanol–water partition coefficient (Wildman–Crippen LogP) is 5.31. The van der Waals surface area contributed by atoms with E-state index in [1.165, 1.54) is 5.56 Å². The molecule has 0 aliphatic rings. The van der Waals surface area contributed by atoms with E-state index in [9.17, 15) is 4.79 Å². The average molecular weight is 400 g/mol. The number of aryl methyl sites for hydroxylation is 1. The third-order valence-corrected chi connectivity index (χ3v) is 4.04.